The molecular weight excluding hydrogens is 224 g/mol. The van der Waals surface area contributed by atoms with Crippen LogP contribution in [0.25, 0.3) is 0 Å². The van der Waals surface area contributed by atoms with Gasteiger partial charge in [0, 0.05) is 22.7 Å². The van der Waals surface area contributed by atoms with Crippen molar-refractivity contribution in [2.45, 2.75) is 36.6 Å². The number of hydrogen-bond acceptors (Lipinski definition) is 3. The Morgan fingerprint density at radius 1 is 1.38 bits per heavy atom. The predicted octanol–water partition coefficient (Wildman–Crippen LogP) is 2.27. The van der Waals surface area contributed by atoms with Gasteiger partial charge in [-0.05, 0) is 31.7 Å². The lowest BCUT2D eigenvalue weighted by Crippen LogP contribution is -2.37. The van der Waals surface area contributed by atoms with Gasteiger partial charge in [-0.2, -0.15) is 0 Å². The Morgan fingerprint density at radius 3 is 2.56 bits per heavy atom. The first-order valence-electron chi connectivity index (χ1n) is 5.61. The van der Waals surface area contributed by atoms with Crippen LogP contribution >= 0.6 is 11.6 Å². The zero-order valence-electron chi connectivity index (χ0n) is 9.29. The fourth-order valence-electron chi connectivity index (χ4n) is 2.74. The maximum absolute atomic E-state index is 6.37. The molecule has 16 heavy (non-hydrogen) atoms. The standard InChI is InChI=1S/C12H15ClN2O/c1-16-10-9(8(13)2-7-15-10)11(3-4-11)12(14)5-6-12/h2,7H,3-6,14H2,1H3. The first-order chi connectivity index (χ1) is 7.63. The van der Waals surface area contributed by atoms with Crippen molar-refractivity contribution in [1.82, 2.24) is 4.98 Å². The Kier molecular flexibility index (Phi) is 2.01. The largest absolute Gasteiger partial charge is 0.481 e. The van der Waals surface area contributed by atoms with Gasteiger partial charge in [0.05, 0.1) is 12.1 Å². The Hall–Kier alpha value is -0.800. The van der Waals surface area contributed by atoms with Crippen molar-refractivity contribution in [3.63, 3.8) is 0 Å². The molecule has 1 aromatic heterocycles. The van der Waals surface area contributed by atoms with Gasteiger partial charge in [0.15, 0.2) is 0 Å². The average molecular weight is 239 g/mol. The van der Waals surface area contributed by atoms with E-state index in [-0.39, 0.29) is 11.0 Å². The highest BCUT2D eigenvalue weighted by Crippen LogP contribution is 2.65. The fourth-order valence-corrected chi connectivity index (χ4v) is 3.06. The van der Waals surface area contributed by atoms with Crippen molar-refractivity contribution in [3.05, 3.63) is 22.8 Å². The molecule has 2 N–H and O–H groups in total. The van der Waals surface area contributed by atoms with Gasteiger partial charge in [-0.15, -0.1) is 0 Å². The van der Waals surface area contributed by atoms with Crippen LogP contribution in [0, 0.1) is 0 Å². The SMILES string of the molecule is COc1nccc(Cl)c1C1(C2(N)CC2)CC1. The third kappa shape index (κ3) is 1.22. The molecule has 0 aromatic carbocycles. The highest BCUT2D eigenvalue weighted by molar-refractivity contribution is 6.31. The van der Waals surface area contributed by atoms with E-state index in [2.05, 4.69) is 4.98 Å². The van der Waals surface area contributed by atoms with Crippen LogP contribution in [0.15, 0.2) is 12.3 Å². The number of hydrogen-bond donors (Lipinski definition) is 1. The smallest absolute Gasteiger partial charge is 0.218 e. The summed E-state index contributed by atoms with van der Waals surface area (Å²) in [5.41, 5.74) is 7.37. The Labute approximate surface area is 100.0 Å². The van der Waals surface area contributed by atoms with Crippen molar-refractivity contribution in [3.8, 4) is 5.88 Å². The highest BCUT2D eigenvalue weighted by Gasteiger charge is 2.65. The topological polar surface area (TPSA) is 48.1 Å². The molecule has 86 valence electrons. The van der Waals surface area contributed by atoms with Gasteiger partial charge in [0.25, 0.3) is 0 Å². The minimum atomic E-state index is -0.0625. The monoisotopic (exact) mass is 238 g/mol. The number of rotatable bonds is 3. The van der Waals surface area contributed by atoms with E-state index in [1.165, 1.54) is 0 Å². The minimum absolute atomic E-state index is 0.0314. The number of nitrogens with two attached hydrogens (primary N) is 1. The first kappa shape index (κ1) is 10.4. The van der Waals surface area contributed by atoms with Gasteiger partial charge in [0.1, 0.15) is 0 Å². The molecule has 0 bridgehead atoms. The van der Waals surface area contributed by atoms with Crippen LogP contribution in [0.3, 0.4) is 0 Å². The summed E-state index contributed by atoms with van der Waals surface area (Å²) in [6, 6.07) is 1.82. The minimum Gasteiger partial charge on any atom is -0.481 e. The van der Waals surface area contributed by atoms with Crippen molar-refractivity contribution in [1.29, 1.82) is 0 Å². The summed E-state index contributed by atoms with van der Waals surface area (Å²) >= 11 is 6.29. The molecule has 0 radical (unpaired) electrons. The molecule has 3 nitrogen and oxygen atoms in total. The lowest BCUT2D eigenvalue weighted by Gasteiger charge is -2.25. The van der Waals surface area contributed by atoms with E-state index in [0.29, 0.717) is 5.88 Å². The van der Waals surface area contributed by atoms with E-state index in [1.54, 1.807) is 13.3 Å². The van der Waals surface area contributed by atoms with Crippen molar-refractivity contribution in [2.24, 2.45) is 5.73 Å². The molecule has 2 fully saturated rings. The molecule has 2 saturated carbocycles. The average Bonchev–Trinajstić information content (AvgIpc) is 3.14. The van der Waals surface area contributed by atoms with Crippen molar-refractivity contribution < 1.29 is 4.74 Å². The molecule has 0 aliphatic heterocycles. The molecule has 3 rings (SSSR count). The first-order valence-corrected chi connectivity index (χ1v) is 5.99. The lowest BCUT2D eigenvalue weighted by molar-refractivity contribution is 0.377. The van der Waals surface area contributed by atoms with Crippen LogP contribution in [-0.4, -0.2) is 17.6 Å². The molecule has 0 spiro atoms. The van der Waals surface area contributed by atoms with Gasteiger partial charge >= 0.3 is 0 Å². The molecule has 0 saturated heterocycles. The second kappa shape index (κ2) is 3.11. The Balaban J connectivity index is 2.13. The van der Waals surface area contributed by atoms with Crippen molar-refractivity contribution in [2.75, 3.05) is 7.11 Å². The number of ether oxygens (including phenoxy) is 1. The van der Waals surface area contributed by atoms with E-state index in [9.17, 15) is 0 Å². The molecule has 1 heterocycles. The quantitative estimate of drug-likeness (QED) is 0.879. The summed E-state index contributed by atoms with van der Waals surface area (Å²) < 4.78 is 5.32. The van der Waals surface area contributed by atoms with E-state index in [0.717, 1.165) is 36.3 Å². The number of pyridine rings is 1. The Morgan fingerprint density at radius 2 is 2.06 bits per heavy atom. The highest BCUT2D eigenvalue weighted by atomic mass is 35.5. The van der Waals surface area contributed by atoms with Crippen LogP contribution in [0.5, 0.6) is 5.88 Å². The van der Waals surface area contributed by atoms with Crippen LogP contribution in [-0.2, 0) is 5.41 Å². The predicted molar refractivity (Wildman–Crippen MR) is 62.9 cm³/mol. The van der Waals surface area contributed by atoms with Crippen LogP contribution in [0.4, 0.5) is 0 Å². The van der Waals surface area contributed by atoms with E-state index < -0.39 is 0 Å². The third-order valence-electron chi connectivity index (χ3n) is 4.03. The third-order valence-corrected chi connectivity index (χ3v) is 4.34. The van der Waals surface area contributed by atoms with E-state index >= 15 is 0 Å². The maximum atomic E-state index is 6.37. The molecule has 2 aliphatic carbocycles. The zero-order chi connectivity index (χ0) is 11.4. The van der Waals surface area contributed by atoms with Gasteiger partial charge in [0.2, 0.25) is 5.88 Å². The van der Waals surface area contributed by atoms with Crippen LogP contribution in [0.1, 0.15) is 31.2 Å². The van der Waals surface area contributed by atoms with Crippen molar-refractivity contribution >= 4 is 11.6 Å². The van der Waals surface area contributed by atoms with Gasteiger partial charge in [-0.25, -0.2) is 4.98 Å². The summed E-state index contributed by atoms with van der Waals surface area (Å²) in [5.74, 6) is 0.640. The summed E-state index contributed by atoms with van der Waals surface area (Å²) in [4.78, 5) is 4.24. The lowest BCUT2D eigenvalue weighted by atomic mass is 9.86. The van der Waals surface area contributed by atoms with Crippen LogP contribution in [0.2, 0.25) is 5.02 Å². The fraction of sp³-hybridized carbons (Fsp3) is 0.583. The second-order valence-corrected chi connectivity index (χ2v) is 5.32. The number of nitrogens with zero attached hydrogens (tertiary/aromatic N) is 1. The molecule has 0 unspecified atom stereocenters. The molecule has 0 amide bonds. The number of halogens is 1. The Bertz CT molecular complexity index is 439. The van der Waals surface area contributed by atoms with Gasteiger partial charge in [-0.1, -0.05) is 11.6 Å². The van der Waals surface area contributed by atoms with E-state index in [4.69, 9.17) is 22.1 Å². The summed E-state index contributed by atoms with van der Waals surface area (Å²) in [7, 11) is 1.63. The number of aromatic nitrogens is 1. The summed E-state index contributed by atoms with van der Waals surface area (Å²) in [6.45, 7) is 0. The van der Waals surface area contributed by atoms with Gasteiger partial charge in [-0.3, -0.25) is 0 Å². The zero-order valence-corrected chi connectivity index (χ0v) is 10.0. The van der Waals surface area contributed by atoms with E-state index in [1.807, 2.05) is 6.07 Å². The van der Waals surface area contributed by atoms with Gasteiger partial charge < -0.3 is 10.5 Å². The molecule has 4 heteroatoms. The molecular formula is C12H15ClN2O. The molecule has 0 atom stereocenters. The second-order valence-electron chi connectivity index (χ2n) is 4.92. The summed E-state index contributed by atoms with van der Waals surface area (Å²) in [6.07, 6.45) is 6.05. The normalized spacial score (nSPS) is 23.9. The molecule has 1 aromatic rings. The van der Waals surface area contributed by atoms with Crippen LogP contribution < -0.4 is 10.5 Å². The number of methoxy groups -OCH3 is 1. The maximum Gasteiger partial charge on any atom is 0.218 e. The molecule has 2 aliphatic rings. The summed E-state index contributed by atoms with van der Waals surface area (Å²) in [5, 5.41) is 0.737.